The molecule has 25 heavy (non-hydrogen) atoms. The highest BCUT2D eigenvalue weighted by molar-refractivity contribution is 7.92. The zero-order valence-corrected chi connectivity index (χ0v) is 16.1. The molecular weight excluding hydrogens is 338 g/mol. The minimum atomic E-state index is -3.45. The molecule has 1 fully saturated rings. The molecule has 2 rings (SSSR count). The number of amides is 2. The summed E-state index contributed by atoms with van der Waals surface area (Å²) in [5, 5.41) is 5.14. The summed E-state index contributed by atoms with van der Waals surface area (Å²) in [6.07, 6.45) is 2.97. The van der Waals surface area contributed by atoms with Crippen LogP contribution in [0.4, 0.5) is 10.5 Å². The van der Waals surface area contributed by atoms with Crippen LogP contribution in [0, 0.1) is 0 Å². The first-order chi connectivity index (χ1) is 11.8. The van der Waals surface area contributed by atoms with Gasteiger partial charge in [-0.15, -0.1) is 0 Å². The number of para-hydroxylation sites is 1. The van der Waals surface area contributed by atoms with Gasteiger partial charge in [-0.1, -0.05) is 19.1 Å². The first-order valence-corrected chi connectivity index (χ1v) is 10.5. The van der Waals surface area contributed by atoms with E-state index in [0.717, 1.165) is 38.9 Å². The molecule has 0 aromatic heterocycles. The molecule has 2 amide bonds. The normalized spacial score (nSPS) is 16.8. The summed E-state index contributed by atoms with van der Waals surface area (Å²) in [7, 11) is -3.45. The quantitative estimate of drug-likeness (QED) is 0.810. The lowest BCUT2D eigenvalue weighted by atomic mass is 10.1. The first-order valence-electron chi connectivity index (χ1n) is 8.97. The first kappa shape index (κ1) is 19.7. The zero-order chi connectivity index (χ0) is 18.4. The summed E-state index contributed by atoms with van der Waals surface area (Å²) in [5.41, 5.74) is 0.331. The Balaban J connectivity index is 1.98. The summed E-state index contributed by atoms with van der Waals surface area (Å²) < 4.78 is 24.9. The van der Waals surface area contributed by atoms with E-state index in [1.54, 1.807) is 32.0 Å². The van der Waals surface area contributed by atoms with Crippen molar-refractivity contribution < 1.29 is 13.2 Å². The highest BCUT2D eigenvalue weighted by Gasteiger charge is 2.24. The zero-order valence-electron chi connectivity index (χ0n) is 15.3. The van der Waals surface area contributed by atoms with Crippen molar-refractivity contribution in [3.05, 3.63) is 24.3 Å². The molecule has 2 N–H and O–H groups in total. The minimum absolute atomic E-state index is 0.127. The highest BCUT2D eigenvalue weighted by atomic mass is 32.2. The molecular formula is C18H29N3O3S. The molecule has 0 unspecified atom stereocenters. The van der Waals surface area contributed by atoms with E-state index in [9.17, 15) is 13.2 Å². The average molecular weight is 368 g/mol. The number of sulfone groups is 1. The second-order valence-corrected chi connectivity index (χ2v) is 9.28. The summed E-state index contributed by atoms with van der Waals surface area (Å²) >= 11 is 0. The van der Waals surface area contributed by atoms with Crippen molar-refractivity contribution in [2.45, 2.75) is 56.2 Å². The van der Waals surface area contributed by atoms with Gasteiger partial charge in [-0.2, -0.15) is 0 Å². The van der Waals surface area contributed by atoms with Gasteiger partial charge in [-0.05, 0) is 51.8 Å². The van der Waals surface area contributed by atoms with Gasteiger partial charge in [0.15, 0.2) is 9.84 Å². The summed E-state index contributed by atoms with van der Waals surface area (Å²) in [5.74, 6) is 0. The van der Waals surface area contributed by atoms with E-state index >= 15 is 0 Å². The van der Waals surface area contributed by atoms with Crippen LogP contribution in [0.5, 0.6) is 0 Å². The Morgan fingerprint density at radius 2 is 1.88 bits per heavy atom. The monoisotopic (exact) mass is 367 g/mol. The molecule has 1 aliphatic heterocycles. The fourth-order valence-electron chi connectivity index (χ4n) is 3.03. The van der Waals surface area contributed by atoms with Crippen LogP contribution in [-0.4, -0.2) is 50.3 Å². The van der Waals surface area contributed by atoms with Crippen LogP contribution < -0.4 is 10.6 Å². The molecule has 0 bridgehead atoms. The van der Waals surface area contributed by atoms with E-state index in [2.05, 4.69) is 22.5 Å². The number of rotatable bonds is 6. The lowest BCUT2D eigenvalue weighted by Crippen LogP contribution is -2.46. The molecule has 0 saturated carbocycles. The van der Waals surface area contributed by atoms with E-state index in [0.29, 0.717) is 5.69 Å². The van der Waals surface area contributed by atoms with E-state index in [1.807, 2.05) is 0 Å². The fourth-order valence-corrected chi connectivity index (χ4v) is 4.23. The number of carbonyl (C=O) groups is 1. The molecule has 1 saturated heterocycles. The second-order valence-electron chi connectivity index (χ2n) is 6.80. The number of likely N-dealkylation sites (tertiary alicyclic amines) is 1. The lowest BCUT2D eigenvalue weighted by molar-refractivity contribution is 0.196. The predicted octanol–water partition coefficient (Wildman–Crippen LogP) is 2.86. The topological polar surface area (TPSA) is 78.5 Å². The Morgan fingerprint density at radius 3 is 2.48 bits per heavy atom. The summed E-state index contributed by atoms with van der Waals surface area (Å²) in [4.78, 5) is 14.9. The van der Waals surface area contributed by atoms with Crippen molar-refractivity contribution in [2.75, 3.05) is 25.0 Å². The molecule has 1 aliphatic rings. The molecule has 140 valence electrons. The molecule has 0 spiro atoms. The number of carbonyl (C=O) groups excluding carboxylic acids is 1. The Kier molecular flexibility index (Phi) is 6.84. The summed E-state index contributed by atoms with van der Waals surface area (Å²) in [6, 6.07) is 6.33. The maximum Gasteiger partial charge on any atom is 0.319 e. The molecule has 1 aromatic rings. The predicted molar refractivity (Wildman–Crippen MR) is 101 cm³/mol. The van der Waals surface area contributed by atoms with Crippen molar-refractivity contribution in [3.63, 3.8) is 0 Å². The maximum atomic E-state index is 12.4. The van der Waals surface area contributed by atoms with E-state index in [-0.39, 0.29) is 17.0 Å². The van der Waals surface area contributed by atoms with Crippen molar-refractivity contribution in [2.24, 2.45) is 0 Å². The number of piperidine rings is 1. The SMILES string of the molecule is CCCN1CCC(NC(=O)Nc2ccccc2S(=O)(=O)C(C)C)CC1. The van der Waals surface area contributed by atoms with Crippen LogP contribution >= 0.6 is 0 Å². The number of benzene rings is 1. The Bertz CT molecular complexity index is 681. The van der Waals surface area contributed by atoms with Crippen molar-refractivity contribution in [3.8, 4) is 0 Å². The maximum absolute atomic E-state index is 12.4. The molecule has 1 heterocycles. The third kappa shape index (κ3) is 5.19. The standard InChI is InChI=1S/C18H29N3O3S/c1-4-11-21-12-9-15(10-13-21)19-18(22)20-16-7-5-6-8-17(16)25(23,24)14(2)3/h5-8,14-15H,4,9-13H2,1-3H3,(H2,19,20,22). The van der Waals surface area contributed by atoms with Gasteiger partial charge in [0.25, 0.3) is 0 Å². The average Bonchev–Trinajstić information content (AvgIpc) is 2.57. The molecule has 6 nitrogen and oxygen atoms in total. The van der Waals surface area contributed by atoms with Gasteiger partial charge in [-0.3, -0.25) is 0 Å². The second kappa shape index (κ2) is 8.67. The van der Waals surface area contributed by atoms with Crippen LogP contribution in [0.15, 0.2) is 29.2 Å². The van der Waals surface area contributed by atoms with Crippen LogP contribution in [-0.2, 0) is 9.84 Å². The number of urea groups is 1. The van der Waals surface area contributed by atoms with Crippen LogP contribution in [0.1, 0.15) is 40.0 Å². The van der Waals surface area contributed by atoms with Crippen LogP contribution in [0.25, 0.3) is 0 Å². The Labute approximate surface area is 150 Å². The van der Waals surface area contributed by atoms with Crippen molar-refractivity contribution in [1.82, 2.24) is 10.2 Å². The van der Waals surface area contributed by atoms with Crippen LogP contribution in [0.3, 0.4) is 0 Å². The molecule has 0 atom stereocenters. The third-order valence-electron chi connectivity index (χ3n) is 4.53. The Hall–Kier alpha value is -1.60. The van der Waals surface area contributed by atoms with Crippen LogP contribution in [0.2, 0.25) is 0 Å². The molecule has 1 aromatic carbocycles. The number of anilines is 1. The van der Waals surface area contributed by atoms with Crippen molar-refractivity contribution in [1.29, 1.82) is 0 Å². The molecule has 0 aliphatic carbocycles. The summed E-state index contributed by atoms with van der Waals surface area (Å²) in [6.45, 7) is 8.50. The van der Waals surface area contributed by atoms with Gasteiger partial charge < -0.3 is 15.5 Å². The lowest BCUT2D eigenvalue weighted by Gasteiger charge is -2.32. The number of hydrogen-bond acceptors (Lipinski definition) is 4. The van der Waals surface area contributed by atoms with Gasteiger partial charge in [0, 0.05) is 19.1 Å². The van der Waals surface area contributed by atoms with Gasteiger partial charge >= 0.3 is 6.03 Å². The third-order valence-corrected chi connectivity index (χ3v) is 6.74. The van der Waals surface area contributed by atoms with Crippen molar-refractivity contribution >= 4 is 21.6 Å². The van der Waals surface area contributed by atoms with Gasteiger partial charge in [0.1, 0.15) is 0 Å². The largest absolute Gasteiger partial charge is 0.335 e. The molecule has 7 heteroatoms. The number of nitrogens with zero attached hydrogens (tertiary/aromatic N) is 1. The van der Waals surface area contributed by atoms with Gasteiger partial charge in [0.2, 0.25) is 0 Å². The highest BCUT2D eigenvalue weighted by Crippen LogP contribution is 2.24. The van der Waals surface area contributed by atoms with Gasteiger partial charge in [0.05, 0.1) is 15.8 Å². The van der Waals surface area contributed by atoms with E-state index in [4.69, 9.17) is 0 Å². The number of nitrogens with one attached hydrogen (secondary N) is 2. The Morgan fingerprint density at radius 1 is 1.24 bits per heavy atom. The van der Waals surface area contributed by atoms with E-state index in [1.165, 1.54) is 6.07 Å². The molecule has 0 radical (unpaired) electrons. The van der Waals surface area contributed by atoms with Gasteiger partial charge in [-0.25, -0.2) is 13.2 Å². The smallest absolute Gasteiger partial charge is 0.319 e. The fraction of sp³-hybridized carbons (Fsp3) is 0.611. The minimum Gasteiger partial charge on any atom is -0.335 e. The number of hydrogen-bond donors (Lipinski definition) is 2. The van der Waals surface area contributed by atoms with E-state index < -0.39 is 15.1 Å².